The van der Waals surface area contributed by atoms with Crippen molar-refractivity contribution in [2.24, 2.45) is 0 Å². The molecule has 4 rings (SSSR count). The lowest BCUT2D eigenvalue weighted by Crippen LogP contribution is -2.01. The van der Waals surface area contributed by atoms with E-state index < -0.39 is 5.97 Å². The van der Waals surface area contributed by atoms with Crippen LogP contribution in [0.1, 0.15) is 17.1 Å². The van der Waals surface area contributed by atoms with E-state index in [1.807, 2.05) is 0 Å². The maximum atomic E-state index is 13.1. The van der Waals surface area contributed by atoms with Crippen LogP contribution >= 0.6 is 23.2 Å². The highest BCUT2D eigenvalue weighted by molar-refractivity contribution is 6.31. The van der Waals surface area contributed by atoms with E-state index in [2.05, 4.69) is 15.3 Å². The number of aryl methyl sites for hydroxylation is 1. The number of ether oxygens (including phenoxy) is 1. The molecule has 0 aliphatic carbocycles. The number of halogens is 3. The Kier molecular flexibility index (Phi) is 6.34. The monoisotopic (exact) mass is 472 g/mol. The first-order valence-electron chi connectivity index (χ1n) is 9.35. The van der Waals surface area contributed by atoms with Crippen LogP contribution in [-0.2, 0) is 16.1 Å². The molecule has 2 aromatic heterocycles. The zero-order valence-electron chi connectivity index (χ0n) is 16.6. The summed E-state index contributed by atoms with van der Waals surface area (Å²) in [5, 5.41) is 13.0. The van der Waals surface area contributed by atoms with Crippen LogP contribution in [0.25, 0.3) is 23.2 Å². The minimum atomic E-state index is -0.624. The third kappa shape index (κ3) is 4.87. The summed E-state index contributed by atoms with van der Waals surface area (Å²) < 4.78 is 25.2. The quantitative estimate of drug-likeness (QED) is 0.274. The lowest BCUT2D eigenvalue weighted by Gasteiger charge is -2.02. The number of carbonyl (C=O) groups excluding carboxylic acids is 1. The number of rotatable bonds is 6. The molecule has 0 bridgehead atoms. The van der Waals surface area contributed by atoms with Crippen molar-refractivity contribution >= 4 is 35.2 Å². The van der Waals surface area contributed by atoms with E-state index in [0.717, 1.165) is 0 Å². The summed E-state index contributed by atoms with van der Waals surface area (Å²) in [6, 6.07) is 12.6. The molecule has 0 N–H and O–H groups in total. The van der Waals surface area contributed by atoms with E-state index >= 15 is 0 Å². The SMILES string of the molecule is Cc1nn(-c2ccc(F)cc2)c(Cl)c1C=CC(=O)OCc1nnc(-c2ccc(Cl)cc2)o1. The number of carbonyl (C=O) groups is 1. The topological polar surface area (TPSA) is 83.0 Å². The Morgan fingerprint density at radius 2 is 1.84 bits per heavy atom. The first-order valence-corrected chi connectivity index (χ1v) is 10.1. The number of hydrogen-bond acceptors (Lipinski definition) is 6. The highest BCUT2D eigenvalue weighted by Gasteiger charge is 2.14. The smallest absolute Gasteiger partial charge is 0.331 e. The second-order valence-electron chi connectivity index (χ2n) is 6.63. The summed E-state index contributed by atoms with van der Waals surface area (Å²) in [5.41, 5.74) is 2.42. The molecule has 0 unspecified atom stereocenters. The lowest BCUT2D eigenvalue weighted by atomic mass is 10.2. The van der Waals surface area contributed by atoms with E-state index in [-0.39, 0.29) is 23.5 Å². The van der Waals surface area contributed by atoms with E-state index in [0.29, 0.717) is 33.4 Å². The maximum Gasteiger partial charge on any atom is 0.331 e. The third-order valence-corrected chi connectivity index (χ3v) is 5.02. The van der Waals surface area contributed by atoms with Gasteiger partial charge in [0.15, 0.2) is 6.61 Å². The predicted molar refractivity (Wildman–Crippen MR) is 117 cm³/mol. The molecule has 0 atom stereocenters. The number of nitrogens with zero attached hydrogens (tertiary/aromatic N) is 4. The lowest BCUT2D eigenvalue weighted by molar-refractivity contribution is -0.139. The van der Waals surface area contributed by atoms with Crippen molar-refractivity contribution in [3.05, 3.63) is 87.7 Å². The van der Waals surface area contributed by atoms with Crippen molar-refractivity contribution in [2.45, 2.75) is 13.5 Å². The average molecular weight is 473 g/mol. The first kappa shape index (κ1) is 21.7. The van der Waals surface area contributed by atoms with Gasteiger partial charge in [-0.25, -0.2) is 13.9 Å². The van der Waals surface area contributed by atoms with Gasteiger partial charge in [-0.15, -0.1) is 10.2 Å². The van der Waals surface area contributed by atoms with E-state index in [1.165, 1.54) is 29.0 Å². The van der Waals surface area contributed by atoms with Gasteiger partial charge in [-0.2, -0.15) is 5.10 Å². The second kappa shape index (κ2) is 9.33. The normalized spacial score (nSPS) is 11.2. The molecule has 2 aromatic carbocycles. The number of aromatic nitrogens is 4. The molecule has 0 aliphatic rings. The largest absolute Gasteiger partial charge is 0.452 e. The Balaban J connectivity index is 1.40. The molecule has 32 heavy (non-hydrogen) atoms. The van der Waals surface area contributed by atoms with E-state index in [4.69, 9.17) is 32.4 Å². The summed E-state index contributed by atoms with van der Waals surface area (Å²) in [7, 11) is 0. The molecule has 0 amide bonds. The number of esters is 1. The molecule has 0 radical (unpaired) electrons. The number of hydrogen-bond donors (Lipinski definition) is 0. The summed E-state index contributed by atoms with van der Waals surface area (Å²) in [4.78, 5) is 12.1. The molecule has 4 aromatic rings. The van der Waals surface area contributed by atoms with Gasteiger partial charge in [0.25, 0.3) is 5.89 Å². The molecule has 0 saturated carbocycles. The second-order valence-corrected chi connectivity index (χ2v) is 7.42. The average Bonchev–Trinajstić information content (AvgIpc) is 3.36. The fourth-order valence-corrected chi connectivity index (χ4v) is 3.27. The summed E-state index contributed by atoms with van der Waals surface area (Å²) in [6.07, 6.45) is 2.72. The molecule has 10 heteroatoms. The zero-order valence-corrected chi connectivity index (χ0v) is 18.1. The highest BCUT2D eigenvalue weighted by atomic mass is 35.5. The van der Waals surface area contributed by atoms with Gasteiger partial charge in [0.05, 0.1) is 11.4 Å². The molecule has 0 spiro atoms. The molecule has 2 heterocycles. The molecular formula is C22H15Cl2FN4O3. The molecule has 0 aliphatic heterocycles. The van der Waals surface area contributed by atoms with E-state index in [9.17, 15) is 9.18 Å². The standard InChI is InChI=1S/C22H15Cl2FN4O3/c1-13-18(21(24)29(28-13)17-8-6-16(25)7-9-17)10-11-20(30)31-12-19-26-27-22(32-19)14-2-4-15(23)5-3-14/h2-11H,12H2,1H3. The van der Waals surface area contributed by atoms with Crippen molar-refractivity contribution in [3.63, 3.8) is 0 Å². The van der Waals surface area contributed by atoms with Crippen LogP contribution in [0.5, 0.6) is 0 Å². The molecule has 7 nitrogen and oxygen atoms in total. The van der Waals surface area contributed by atoms with Crippen LogP contribution in [0.2, 0.25) is 10.2 Å². The molecule has 162 valence electrons. The van der Waals surface area contributed by atoms with E-state index in [1.54, 1.807) is 43.3 Å². The van der Waals surface area contributed by atoms with Crippen LogP contribution in [0, 0.1) is 12.7 Å². The van der Waals surface area contributed by atoms with Gasteiger partial charge >= 0.3 is 5.97 Å². The van der Waals surface area contributed by atoms with Gasteiger partial charge < -0.3 is 9.15 Å². The Bertz CT molecular complexity index is 1280. The van der Waals surface area contributed by atoms with Gasteiger partial charge in [-0.3, -0.25) is 0 Å². The Hall–Kier alpha value is -3.49. The van der Waals surface area contributed by atoms with Crippen molar-refractivity contribution < 1.29 is 18.3 Å². The van der Waals surface area contributed by atoms with Crippen molar-refractivity contribution in [1.29, 1.82) is 0 Å². The maximum absolute atomic E-state index is 13.1. The van der Waals surface area contributed by atoms with Crippen molar-refractivity contribution in [1.82, 2.24) is 20.0 Å². The predicted octanol–water partition coefficient (Wildman–Crippen LogP) is 5.43. The van der Waals surface area contributed by atoms with Gasteiger partial charge in [-0.1, -0.05) is 23.2 Å². The van der Waals surface area contributed by atoms with Gasteiger partial charge in [-0.05, 0) is 61.5 Å². The Labute approximate surface area is 192 Å². The van der Waals surface area contributed by atoms with Gasteiger partial charge in [0.1, 0.15) is 11.0 Å². The fraction of sp³-hybridized carbons (Fsp3) is 0.0909. The molecular weight excluding hydrogens is 458 g/mol. The number of benzene rings is 2. The van der Waals surface area contributed by atoms with Crippen LogP contribution in [0.15, 0.2) is 59.0 Å². The van der Waals surface area contributed by atoms with Gasteiger partial charge in [0, 0.05) is 22.2 Å². The van der Waals surface area contributed by atoms with Crippen LogP contribution < -0.4 is 0 Å². The van der Waals surface area contributed by atoms with Crippen molar-refractivity contribution in [3.8, 4) is 17.1 Å². The summed E-state index contributed by atoms with van der Waals surface area (Å²) >= 11 is 12.3. The van der Waals surface area contributed by atoms with Crippen LogP contribution in [-0.4, -0.2) is 25.9 Å². The minimum absolute atomic E-state index is 0.148. The molecule has 0 saturated heterocycles. The minimum Gasteiger partial charge on any atom is -0.452 e. The highest BCUT2D eigenvalue weighted by Crippen LogP contribution is 2.25. The van der Waals surface area contributed by atoms with Crippen LogP contribution in [0.4, 0.5) is 4.39 Å². The van der Waals surface area contributed by atoms with Gasteiger partial charge in [0.2, 0.25) is 5.89 Å². The summed E-state index contributed by atoms with van der Waals surface area (Å²) in [5.74, 6) is -0.548. The van der Waals surface area contributed by atoms with Crippen LogP contribution in [0.3, 0.4) is 0 Å². The Morgan fingerprint density at radius 3 is 2.56 bits per heavy atom. The Morgan fingerprint density at radius 1 is 1.12 bits per heavy atom. The molecule has 0 fully saturated rings. The first-order chi connectivity index (χ1) is 15.4. The van der Waals surface area contributed by atoms with Crippen molar-refractivity contribution in [2.75, 3.05) is 0 Å². The summed E-state index contributed by atoms with van der Waals surface area (Å²) in [6.45, 7) is 1.55. The fourth-order valence-electron chi connectivity index (χ4n) is 2.81. The zero-order chi connectivity index (χ0) is 22.7. The third-order valence-electron chi connectivity index (χ3n) is 4.40.